The molecule has 1 aromatic rings. The molecule has 4 fully saturated rings. The van der Waals surface area contributed by atoms with Gasteiger partial charge in [0, 0.05) is 12.1 Å². The van der Waals surface area contributed by atoms with Crippen LogP contribution in [0, 0.1) is 17.8 Å². The lowest BCUT2D eigenvalue weighted by molar-refractivity contribution is -0.119. The van der Waals surface area contributed by atoms with Crippen LogP contribution in [0.2, 0.25) is 5.02 Å². The molecule has 0 heterocycles. The third-order valence-corrected chi connectivity index (χ3v) is 6.63. The molecule has 1 aromatic carbocycles. The van der Waals surface area contributed by atoms with E-state index in [9.17, 15) is 4.79 Å². The molecule has 5 rings (SSSR count). The number of carbonyl (C=O) groups is 1. The summed E-state index contributed by atoms with van der Waals surface area (Å²) in [6.07, 6.45) is 8.24. The Balaban J connectivity index is 0.00000210. The molecule has 0 atom stereocenters. The summed E-state index contributed by atoms with van der Waals surface area (Å²) in [5.74, 6) is 3.09. The van der Waals surface area contributed by atoms with E-state index in [1.54, 1.807) is 7.11 Å². The first-order valence-electron chi connectivity index (χ1n) is 9.49. The molecule has 5 nitrogen and oxygen atoms in total. The van der Waals surface area contributed by atoms with E-state index in [-0.39, 0.29) is 19.0 Å². The fraction of sp³-hybridized carbons (Fsp3) is 0.650. The van der Waals surface area contributed by atoms with Crippen molar-refractivity contribution in [3.05, 3.63) is 22.7 Å². The standard InChI is InChI=1S/C20H27ClN2O3.ClH/c1-25-17-6-15(5-16(21)19(17)26-11-18(22)24)10-23-20-7-12-2-13(8-20)4-14(3-12)9-20;/h5-6,12-14,23H,2-4,7-11H2,1H3,(H2,22,24);1H. The van der Waals surface area contributed by atoms with E-state index in [1.165, 1.54) is 38.5 Å². The van der Waals surface area contributed by atoms with Crippen LogP contribution in [-0.2, 0) is 11.3 Å². The Bertz CT molecular complexity index is 675. The van der Waals surface area contributed by atoms with Crippen LogP contribution >= 0.6 is 24.0 Å². The van der Waals surface area contributed by atoms with Gasteiger partial charge in [-0.05, 0) is 74.0 Å². The van der Waals surface area contributed by atoms with Gasteiger partial charge in [-0.15, -0.1) is 12.4 Å². The van der Waals surface area contributed by atoms with Crippen molar-refractivity contribution in [2.24, 2.45) is 23.5 Å². The molecule has 0 unspecified atom stereocenters. The molecule has 0 spiro atoms. The van der Waals surface area contributed by atoms with Crippen LogP contribution in [0.25, 0.3) is 0 Å². The van der Waals surface area contributed by atoms with Crippen molar-refractivity contribution in [1.29, 1.82) is 0 Å². The second kappa shape index (κ2) is 8.06. The Labute approximate surface area is 171 Å². The van der Waals surface area contributed by atoms with Gasteiger partial charge >= 0.3 is 0 Å². The zero-order chi connectivity index (χ0) is 18.3. The van der Waals surface area contributed by atoms with Crippen molar-refractivity contribution in [2.75, 3.05) is 13.7 Å². The van der Waals surface area contributed by atoms with Crippen LogP contribution in [-0.4, -0.2) is 25.2 Å². The van der Waals surface area contributed by atoms with Crippen LogP contribution in [0.1, 0.15) is 44.1 Å². The molecule has 0 aliphatic heterocycles. The van der Waals surface area contributed by atoms with Crippen molar-refractivity contribution in [3.8, 4) is 11.5 Å². The highest BCUT2D eigenvalue weighted by Gasteiger charge is 2.50. The first kappa shape index (κ1) is 20.6. The average Bonchev–Trinajstić information content (AvgIpc) is 2.57. The number of halogens is 2. The summed E-state index contributed by atoms with van der Waals surface area (Å²) in [4.78, 5) is 11.0. The summed E-state index contributed by atoms with van der Waals surface area (Å²) >= 11 is 6.37. The van der Waals surface area contributed by atoms with E-state index in [2.05, 4.69) is 5.32 Å². The number of hydrogen-bond acceptors (Lipinski definition) is 4. The van der Waals surface area contributed by atoms with Gasteiger partial charge in [-0.25, -0.2) is 0 Å². The molecule has 4 saturated carbocycles. The predicted molar refractivity (Wildman–Crippen MR) is 108 cm³/mol. The summed E-state index contributed by atoms with van der Waals surface area (Å²) in [6.45, 7) is 0.541. The van der Waals surface area contributed by atoms with E-state index in [4.69, 9.17) is 26.8 Å². The monoisotopic (exact) mass is 414 g/mol. The number of nitrogens with two attached hydrogens (primary N) is 1. The number of primary amides is 1. The summed E-state index contributed by atoms with van der Waals surface area (Å²) in [6, 6.07) is 3.81. The fourth-order valence-electron chi connectivity index (χ4n) is 5.78. The summed E-state index contributed by atoms with van der Waals surface area (Å²) < 4.78 is 10.8. The largest absolute Gasteiger partial charge is 0.493 e. The van der Waals surface area contributed by atoms with E-state index in [1.807, 2.05) is 12.1 Å². The maximum absolute atomic E-state index is 11.0. The highest BCUT2D eigenvalue weighted by atomic mass is 35.5. The summed E-state index contributed by atoms with van der Waals surface area (Å²) in [7, 11) is 1.57. The Kier molecular flexibility index (Phi) is 6.14. The fourth-order valence-corrected chi connectivity index (χ4v) is 6.06. The molecule has 27 heavy (non-hydrogen) atoms. The molecule has 0 saturated heterocycles. The average molecular weight is 415 g/mol. The first-order valence-corrected chi connectivity index (χ1v) is 9.87. The summed E-state index contributed by atoms with van der Waals surface area (Å²) in [5, 5.41) is 4.30. The van der Waals surface area contributed by atoms with Crippen molar-refractivity contribution in [3.63, 3.8) is 0 Å². The van der Waals surface area contributed by atoms with Crippen LogP contribution < -0.4 is 20.5 Å². The molecule has 0 radical (unpaired) electrons. The van der Waals surface area contributed by atoms with E-state index in [0.29, 0.717) is 22.1 Å². The van der Waals surface area contributed by atoms with Crippen LogP contribution in [0.15, 0.2) is 12.1 Å². The normalized spacial score (nSPS) is 30.7. The van der Waals surface area contributed by atoms with Gasteiger partial charge in [-0.3, -0.25) is 4.79 Å². The molecule has 150 valence electrons. The van der Waals surface area contributed by atoms with Gasteiger partial charge < -0.3 is 20.5 Å². The number of ether oxygens (including phenoxy) is 2. The number of carbonyl (C=O) groups excluding carboxylic acids is 1. The molecule has 3 N–H and O–H groups in total. The zero-order valence-corrected chi connectivity index (χ0v) is 17.2. The highest BCUT2D eigenvalue weighted by molar-refractivity contribution is 6.32. The third-order valence-electron chi connectivity index (χ3n) is 6.35. The number of hydrogen-bond donors (Lipinski definition) is 2. The van der Waals surface area contributed by atoms with Crippen molar-refractivity contribution >= 4 is 29.9 Å². The van der Waals surface area contributed by atoms with E-state index >= 15 is 0 Å². The lowest BCUT2D eigenvalue weighted by Crippen LogP contribution is -2.58. The van der Waals surface area contributed by atoms with Gasteiger partial charge in [0.2, 0.25) is 0 Å². The molecule has 1 amide bonds. The second-order valence-corrected chi connectivity index (χ2v) is 8.82. The maximum Gasteiger partial charge on any atom is 0.255 e. The quantitative estimate of drug-likeness (QED) is 0.713. The molecular weight excluding hydrogens is 387 g/mol. The van der Waals surface area contributed by atoms with Crippen molar-refractivity contribution in [2.45, 2.75) is 50.6 Å². The smallest absolute Gasteiger partial charge is 0.255 e. The maximum atomic E-state index is 11.0. The lowest BCUT2D eigenvalue weighted by Gasteiger charge is -2.57. The molecule has 4 aliphatic rings. The summed E-state index contributed by atoms with van der Waals surface area (Å²) in [5.41, 5.74) is 6.51. The molecule has 7 heteroatoms. The minimum absolute atomic E-state index is 0. The topological polar surface area (TPSA) is 73.6 Å². The van der Waals surface area contributed by atoms with Gasteiger partial charge in [0.25, 0.3) is 5.91 Å². The number of methoxy groups -OCH3 is 1. The van der Waals surface area contributed by atoms with Crippen molar-refractivity contribution < 1.29 is 14.3 Å². The van der Waals surface area contributed by atoms with Gasteiger partial charge in [-0.1, -0.05) is 11.6 Å². The Hall–Kier alpha value is -1.17. The Morgan fingerprint density at radius 1 is 1.22 bits per heavy atom. The number of rotatable bonds is 7. The molecular formula is C20H28Cl2N2O3. The van der Waals surface area contributed by atoms with Crippen LogP contribution in [0.5, 0.6) is 11.5 Å². The van der Waals surface area contributed by atoms with Gasteiger partial charge in [0.1, 0.15) is 0 Å². The second-order valence-electron chi connectivity index (χ2n) is 8.42. The minimum atomic E-state index is -0.546. The number of benzene rings is 1. The molecule has 4 aliphatic carbocycles. The Morgan fingerprint density at radius 3 is 2.33 bits per heavy atom. The number of amides is 1. The molecule has 4 bridgehead atoms. The first-order chi connectivity index (χ1) is 12.5. The lowest BCUT2D eigenvalue weighted by atomic mass is 9.53. The zero-order valence-electron chi connectivity index (χ0n) is 15.6. The van der Waals surface area contributed by atoms with Crippen LogP contribution in [0.4, 0.5) is 0 Å². The third kappa shape index (κ3) is 4.30. The highest BCUT2D eigenvalue weighted by Crippen LogP contribution is 2.55. The minimum Gasteiger partial charge on any atom is -0.493 e. The van der Waals surface area contributed by atoms with Crippen molar-refractivity contribution in [1.82, 2.24) is 5.32 Å². The van der Waals surface area contributed by atoms with Gasteiger partial charge in [0.05, 0.1) is 12.1 Å². The number of nitrogens with one attached hydrogen (secondary N) is 1. The molecule has 0 aromatic heterocycles. The van der Waals surface area contributed by atoms with Gasteiger partial charge in [0.15, 0.2) is 18.1 Å². The van der Waals surface area contributed by atoms with E-state index < -0.39 is 5.91 Å². The Morgan fingerprint density at radius 2 is 1.81 bits per heavy atom. The van der Waals surface area contributed by atoms with Crippen LogP contribution in [0.3, 0.4) is 0 Å². The predicted octanol–water partition coefficient (Wildman–Crippen LogP) is 3.69. The van der Waals surface area contributed by atoms with Gasteiger partial charge in [-0.2, -0.15) is 0 Å². The van der Waals surface area contributed by atoms with E-state index in [0.717, 1.165) is 29.9 Å². The SMILES string of the molecule is COc1cc(CNC23CC4CC(CC(C4)C2)C3)cc(Cl)c1OCC(N)=O.Cl.